The normalized spacial score (nSPS) is 4.80. The molecule has 0 unspecified atom stereocenters. The van der Waals surface area contributed by atoms with E-state index in [-0.39, 0.29) is 18.9 Å². The van der Waals surface area contributed by atoms with Crippen LogP contribution in [0.2, 0.25) is 5.28 Å². The molecule has 24 valence electrons. The van der Waals surface area contributed by atoms with E-state index in [0.717, 1.165) is 0 Å². The topological polar surface area (TPSA) is 0 Å². The second kappa shape index (κ2) is 8.85. The van der Waals surface area contributed by atoms with Gasteiger partial charge in [0.15, 0.2) is 0 Å². The zero-order chi connectivity index (χ0) is 3.41. The standard InChI is InChI=1S/C3H5.Al.Li.3H/c1-3-2;;;;;/h3H,1-2H2;;;;;. The van der Waals surface area contributed by atoms with Crippen LogP contribution in [0.25, 0.3) is 0 Å². The Bertz CT molecular complexity index is 20.9. The van der Waals surface area contributed by atoms with Crippen molar-refractivity contribution in [2.24, 2.45) is 0 Å². The summed E-state index contributed by atoms with van der Waals surface area (Å²) in [6.45, 7) is 3.51. The van der Waals surface area contributed by atoms with E-state index in [0.29, 0.717) is 0 Å². The molecule has 2 heteroatoms. The van der Waals surface area contributed by atoms with Gasteiger partial charge in [-0.05, 0) is 0 Å². The zero-order valence-corrected chi connectivity index (χ0v) is 4.99. The molecule has 0 aromatic rings. The Kier molecular flexibility index (Phi) is 16.5. The van der Waals surface area contributed by atoms with Crippen LogP contribution in [0.1, 0.15) is 0 Å². The molecule has 0 bridgehead atoms. The molecule has 0 fully saturated rings. The van der Waals surface area contributed by atoms with Gasteiger partial charge >= 0.3 is 18.9 Å². The van der Waals surface area contributed by atoms with E-state index in [2.05, 4.69) is 6.58 Å². The summed E-state index contributed by atoms with van der Waals surface area (Å²) in [5, 5.41) is 1.22. The first-order chi connectivity index (χ1) is 1.91. The summed E-state index contributed by atoms with van der Waals surface area (Å²) < 4.78 is 0. The van der Waals surface area contributed by atoms with Crippen molar-refractivity contribution in [3.05, 3.63) is 12.7 Å². The molecular weight excluding hydrogens is 70.0 g/mol. The molecule has 0 saturated heterocycles. The third kappa shape index (κ3) is 11.5. The third-order valence-corrected chi connectivity index (χ3v) is 0.866. The number of hydrogen-bond donors (Lipinski definition) is 0. The van der Waals surface area contributed by atoms with Crippen LogP contribution in [0.4, 0.5) is 0 Å². The Labute approximate surface area is 53.2 Å². The SMILES string of the molecule is C=C[CH2][AlH2].[LiH]. The van der Waals surface area contributed by atoms with Crippen LogP contribution >= 0.6 is 0 Å². The molecule has 5 heavy (non-hydrogen) atoms. The maximum atomic E-state index is 3.51. The molecule has 0 aromatic heterocycles. The van der Waals surface area contributed by atoms with Crippen LogP contribution in [0.5, 0.6) is 0 Å². The predicted molar refractivity (Wildman–Crippen MR) is 30.7 cm³/mol. The van der Waals surface area contributed by atoms with Gasteiger partial charge in [0, 0.05) is 0 Å². The summed E-state index contributed by atoms with van der Waals surface area (Å²) in [7, 11) is 0. The van der Waals surface area contributed by atoms with E-state index in [1.807, 2.05) is 6.08 Å². The molecule has 0 aliphatic carbocycles. The molecule has 0 amide bonds. The molecule has 0 atom stereocenters. The summed E-state index contributed by atoms with van der Waals surface area (Å²) in [5.41, 5.74) is 0. The molecule has 0 aliphatic rings. The fourth-order valence-electron chi connectivity index (χ4n) is 0. The molecule has 0 N–H and O–H groups in total. The molecule has 0 nitrogen and oxygen atoms in total. The average Bonchev–Trinajstić information content (AvgIpc) is 1.37. The first-order valence-corrected chi connectivity index (χ1v) is 2.94. The second-order valence-electron chi connectivity index (χ2n) is 0.697. The van der Waals surface area contributed by atoms with E-state index in [1.54, 1.807) is 0 Å². The van der Waals surface area contributed by atoms with Crippen molar-refractivity contribution in [2.75, 3.05) is 0 Å². The molecule has 0 aliphatic heterocycles. The molecule has 0 radical (unpaired) electrons. The first kappa shape index (κ1) is 9.30. The van der Waals surface area contributed by atoms with E-state index < -0.39 is 0 Å². The predicted octanol–water partition coefficient (Wildman–Crippen LogP) is -0.425. The zero-order valence-electron chi connectivity index (χ0n) is 2.99. The van der Waals surface area contributed by atoms with Crippen molar-refractivity contribution in [2.45, 2.75) is 5.28 Å². The van der Waals surface area contributed by atoms with Crippen LogP contribution in [-0.2, 0) is 0 Å². The van der Waals surface area contributed by atoms with Crippen molar-refractivity contribution < 1.29 is 0 Å². The Morgan fingerprint density at radius 2 is 2.00 bits per heavy atom. The van der Waals surface area contributed by atoms with Crippen LogP contribution in [0.15, 0.2) is 12.7 Å². The molecule has 0 rings (SSSR count). The van der Waals surface area contributed by atoms with E-state index in [1.165, 1.54) is 21.6 Å². The van der Waals surface area contributed by atoms with Crippen molar-refractivity contribution in [1.29, 1.82) is 0 Å². The van der Waals surface area contributed by atoms with Crippen LogP contribution in [-0.4, -0.2) is 35.2 Å². The number of allylic oxidation sites excluding steroid dienone is 1. The monoisotopic (exact) mass is 78.1 g/mol. The Morgan fingerprint density at radius 1 is 1.80 bits per heavy atom. The van der Waals surface area contributed by atoms with Gasteiger partial charge in [0.25, 0.3) is 0 Å². The number of hydrogen-bond acceptors (Lipinski definition) is 0. The molecule has 0 aromatic carbocycles. The summed E-state index contributed by atoms with van der Waals surface area (Å²) in [4.78, 5) is 0. The van der Waals surface area contributed by atoms with E-state index in [4.69, 9.17) is 0 Å². The van der Waals surface area contributed by atoms with Gasteiger partial charge in [-0.25, -0.2) is 0 Å². The second-order valence-corrected chi connectivity index (χ2v) is 1.51. The molecule has 0 spiro atoms. The van der Waals surface area contributed by atoms with Gasteiger partial charge < -0.3 is 0 Å². The van der Waals surface area contributed by atoms with Gasteiger partial charge in [-0.3, -0.25) is 0 Å². The van der Waals surface area contributed by atoms with E-state index in [9.17, 15) is 0 Å². The van der Waals surface area contributed by atoms with Gasteiger partial charge in [-0.1, -0.05) is 5.28 Å². The fraction of sp³-hybridized carbons (Fsp3) is 0.333. The maximum absolute atomic E-state index is 3.51. The first-order valence-electron chi connectivity index (χ1n) is 1.52. The molecule has 0 saturated carbocycles. The van der Waals surface area contributed by atoms with Crippen LogP contribution < -0.4 is 0 Å². The van der Waals surface area contributed by atoms with Crippen molar-refractivity contribution in [3.63, 3.8) is 0 Å². The van der Waals surface area contributed by atoms with Crippen LogP contribution in [0.3, 0.4) is 0 Å². The van der Waals surface area contributed by atoms with Crippen molar-refractivity contribution >= 4 is 35.2 Å². The minimum absolute atomic E-state index is 0. The van der Waals surface area contributed by atoms with Gasteiger partial charge in [0.1, 0.15) is 0 Å². The van der Waals surface area contributed by atoms with Gasteiger partial charge in [0.2, 0.25) is 16.3 Å². The summed E-state index contributed by atoms with van der Waals surface area (Å²) >= 11 is 1.27. The number of rotatable bonds is 1. The van der Waals surface area contributed by atoms with Crippen LogP contribution in [0, 0.1) is 0 Å². The molecular formula is C3H8AlLi. The minimum atomic E-state index is 0. The van der Waals surface area contributed by atoms with Crippen molar-refractivity contribution in [3.8, 4) is 0 Å². The Balaban J connectivity index is 0. The Morgan fingerprint density at radius 3 is 2.00 bits per heavy atom. The van der Waals surface area contributed by atoms with E-state index >= 15 is 0 Å². The van der Waals surface area contributed by atoms with Gasteiger partial charge in [0.05, 0.1) is 0 Å². The quantitative estimate of drug-likeness (QED) is 0.295. The van der Waals surface area contributed by atoms with Gasteiger partial charge in [-0.15, -0.1) is 12.7 Å². The van der Waals surface area contributed by atoms with Crippen molar-refractivity contribution in [1.82, 2.24) is 0 Å². The summed E-state index contributed by atoms with van der Waals surface area (Å²) in [6.07, 6.45) is 1.94. The average molecular weight is 78.0 g/mol. The van der Waals surface area contributed by atoms with Gasteiger partial charge in [-0.2, -0.15) is 0 Å². The summed E-state index contributed by atoms with van der Waals surface area (Å²) in [6, 6.07) is 0. The molecule has 0 heterocycles. The fourth-order valence-corrected chi connectivity index (χ4v) is 0. The Hall–Kier alpha value is 0.870. The third-order valence-electron chi connectivity index (χ3n) is 0.289. The summed E-state index contributed by atoms with van der Waals surface area (Å²) in [5.74, 6) is 0.